The topological polar surface area (TPSA) is 89.7 Å². The zero-order chi connectivity index (χ0) is 22.1. The fourth-order valence-electron chi connectivity index (χ4n) is 3.48. The third-order valence-corrected chi connectivity index (χ3v) is 6.92. The molecule has 1 amide bonds. The number of hydrogen-bond donors (Lipinski definition) is 1. The van der Waals surface area contributed by atoms with E-state index >= 15 is 0 Å². The quantitative estimate of drug-likeness (QED) is 0.538. The Bertz CT molecular complexity index is 1080. The van der Waals surface area contributed by atoms with Gasteiger partial charge in [0.1, 0.15) is 17.4 Å². The van der Waals surface area contributed by atoms with Crippen LogP contribution in [0.4, 0.5) is 8.78 Å². The first-order valence-corrected chi connectivity index (χ1v) is 12.1. The Kier molecular flexibility index (Phi) is 6.98. The molecule has 2 aromatic rings. The number of hydrogen-bond acceptors (Lipinski definition) is 4. The van der Waals surface area contributed by atoms with Crippen LogP contribution in [0.25, 0.3) is 0 Å². The van der Waals surface area contributed by atoms with Gasteiger partial charge in [0.15, 0.2) is 0 Å². The van der Waals surface area contributed by atoms with E-state index in [0.717, 1.165) is 18.4 Å². The Morgan fingerprint density at radius 1 is 1.27 bits per heavy atom. The van der Waals surface area contributed by atoms with E-state index in [9.17, 15) is 22.0 Å². The molecule has 0 bridgehead atoms. The van der Waals surface area contributed by atoms with E-state index in [-0.39, 0.29) is 35.8 Å². The van der Waals surface area contributed by atoms with E-state index < -0.39 is 27.6 Å². The molecule has 1 aliphatic heterocycles. The summed E-state index contributed by atoms with van der Waals surface area (Å²) in [5, 5.41) is 0. The normalized spacial score (nSPS) is 17.3. The Balaban J connectivity index is 1.84. The van der Waals surface area contributed by atoms with Gasteiger partial charge >= 0.3 is 0 Å². The fourth-order valence-corrected chi connectivity index (χ4v) is 4.85. The Morgan fingerprint density at radius 3 is 2.60 bits per heavy atom. The first-order valence-electron chi connectivity index (χ1n) is 9.18. The summed E-state index contributed by atoms with van der Waals surface area (Å²) in [4.78, 5) is 12.1. The summed E-state index contributed by atoms with van der Waals surface area (Å²) in [7, 11) is -3.29. The second-order valence-corrected chi connectivity index (χ2v) is 10.5. The molecule has 0 radical (unpaired) electrons. The van der Waals surface area contributed by atoms with Crippen molar-refractivity contribution in [1.82, 2.24) is 4.31 Å². The lowest BCUT2D eigenvalue weighted by atomic mass is 9.98. The van der Waals surface area contributed by atoms with Gasteiger partial charge in [0.2, 0.25) is 10.0 Å². The van der Waals surface area contributed by atoms with Gasteiger partial charge in [0, 0.05) is 35.1 Å². The highest BCUT2D eigenvalue weighted by molar-refractivity contribution is 14.1. The van der Waals surface area contributed by atoms with Gasteiger partial charge in [-0.1, -0.05) is 6.07 Å². The summed E-state index contributed by atoms with van der Waals surface area (Å²) in [5.74, 6) is -2.03. The van der Waals surface area contributed by atoms with Gasteiger partial charge in [-0.05, 0) is 58.3 Å². The highest BCUT2D eigenvalue weighted by Crippen LogP contribution is 2.29. The minimum absolute atomic E-state index is 0.00711. The summed E-state index contributed by atoms with van der Waals surface area (Å²) < 4.78 is 59.6. The molecule has 6 nitrogen and oxygen atoms in total. The lowest BCUT2D eigenvalue weighted by Crippen LogP contribution is -2.28. The summed E-state index contributed by atoms with van der Waals surface area (Å²) in [5.41, 5.74) is 6.04. The third-order valence-electron chi connectivity index (χ3n) is 4.98. The molecule has 1 heterocycles. The number of carbonyl (C=O) groups is 1. The van der Waals surface area contributed by atoms with Crippen LogP contribution in [0.5, 0.6) is 5.75 Å². The lowest BCUT2D eigenvalue weighted by molar-refractivity contribution is 0.0994. The van der Waals surface area contributed by atoms with Crippen molar-refractivity contribution in [3.8, 4) is 5.75 Å². The number of carbonyl (C=O) groups excluding carboxylic acids is 1. The highest BCUT2D eigenvalue weighted by atomic mass is 127. The average Bonchev–Trinajstić information content (AvgIpc) is 3.11. The third kappa shape index (κ3) is 5.46. The van der Waals surface area contributed by atoms with Crippen LogP contribution < -0.4 is 10.5 Å². The van der Waals surface area contributed by atoms with Crippen molar-refractivity contribution in [1.29, 1.82) is 0 Å². The molecular weight excluding hydrogens is 529 g/mol. The molecule has 1 unspecified atom stereocenters. The predicted molar refractivity (Wildman–Crippen MR) is 117 cm³/mol. The number of nitrogens with two attached hydrogens (primary N) is 1. The first-order chi connectivity index (χ1) is 14.0. The molecule has 3 rings (SSSR count). The molecule has 1 fully saturated rings. The number of benzene rings is 2. The van der Waals surface area contributed by atoms with Crippen LogP contribution in [0.15, 0.2) is 30.3 Å². The number of sulfonamides is 1. The molecule has 30 heavy (non-hydrogen) atoms. The number of halogens is 3. The summed E-state index contributed by atoms with van der Waals surface area (Å²) >= 11 is 1.98. The molecular formula is C20H21F2IN2O4S. The minimum Gasteiger partial charge on any atom is -0.492 e. The molecule has 0 aromatic heterocycles. The molecule has 0 spiro atoms. The van der Waals surface area contributed by atoms with Gasteiger partial charge < -0.3 is 10.5 Å². The summed E-state index contributed by atoms with van der Waals surface area (Å²) in [6.07, 6.45) is 1.71. The van der Waals surface area contributed by atoms with Crippen LogP contribution in [-0.2, 0) is 16.4 Å². The second kappa shape index (κ2) is 9.15. The number of amides is 1. The van der Waals surface area contributed by atoms with Crippen LogP contribution >= 0.6 is 22.6 Å². The SMILES string of the molecule is CS(=O)(=O)N1CCC(COc2cc(F)cc(Cc3ccc(I)cc3F)c2C(N)=O)C1. The van der Waals surface area contributed by atoms with Gasteiger partial charge in [0.25, 0.3) is 5.91 Å². The smallest absolute Gasteiger partial charge is 0.252 e. The zero-order valence-corrected chi connectivity index (χ0v) is 19.2. The molecule has 10 heteroatoms. The van der Waals surface area contributed by atoms with Gasteiger partial charge in [-0.15, -0.1) is 0 Å². The number of rotatable bonds is 7. The highest BCUT2D eigenvalue weighted by Gasteiger charge is 2.29. The van der Waals surface area contributed by atoms with Crippen molar-refractivity contribution in [3.63, 3.8) is 0 Å². The van der Waals surface area contributed by atoms with E-state index in [4.69, 9.17) is 10.5 Å². The largest absolute Gasteiger partial charge is 0.492 e. The van der Waals surface area contributed by atoms with E-state index in [1.54, 1.807) is 12.1 Å². The van der Waals surface area contributed by atoms with Crippen molar-refractivity contribution in [2.75, 3.05) is 26.0 Å². The van der Waals surface area contributed by atoms with Gasteiger partial charge in [-0.25, -0.2) is 21.5 Å². The van der Waals surface area contributed by atoms with Crippen LogP contribution in [0, 0.1) is 21.1 Å². The Labute approximate surface area is 187 Å². The van der Waals surface area contributed by atoms with Crippen molar-refractivity contribution in [3.05, 3.63) is 62.2 Å². The molecule has 2 N–H and O–H groups in total. The molecule has 0 saturated carbocycles. The number of primary amides is 1. The van der Waals surface area contributed by atoms with Crippen molar-refractivity contribution in [2.45, 2.75) is 12.8 Å². The molecule has 162 valence electrons. The molecule has 1 atom stereocenters. The average molecular weight is 550 g/mol. The monoisotopic (exact) mass is 550 g/mol. The molecule has 1 saturated heterocycles. The number of nitrogens with zero attached hydrogens (tertiary/aromatic N) is 1. The van der Waals surface area contributed by atoms with E-state index in [1.807, 2.05) is 22.6 Å². The second-order valence-electron chi connectivity index (χ2n) is 7.30. The number of ether oxygens (including phenoxy) is 1. The van der Waals surface area contributed by atoms with Gasteiger partial charge in [-0.2, -0.15) is 0 Å². The molecule has 2 aromatic carbocycles. The van der Waals surface area contributed by atoms with Crippen LogP contribution in [0.2, 0.25) is 0 Å². The fraction of sp³-hybridized carbons (Fsp3) is 0.350. The lowest BCUT2D eigenvalue weighted by Gasteiger charge is -2.17. The maximum Gasteiger partial charge on any atom is 0.252 e. The zero-order valence-electron chi connectivity index (χ0n) is 16.2. The Morgan fingerprint density at radius 2 is 2.00 bits per heavy atom. The maximum absolute atomic E-state index is 14.3. The van der Waals surface area contributed by atoms with Crippen LogP contribution in [0.3, 0.4) is 0 Å². The summed E-state index contributed by atoms with van der Waals surface area (Å²) in [6.45, 7) is 0.782. The molecule has 1 aliphatic rings. The van der Waals surface area contributed by atoms with Crippen LogP contribution in [-0.4, -0.2) is 44.6 Å². The van der Waals surface area contributed by atoms with Crippen molar-refractivity contribution < 1.29 is 26.7 Å². The standard InChI is InChI=1S/C20H21F2IN2O4S/c1-30(27,28)25-5-4-12(10-25)11-29-18-8-15(21)7-14(19(18)20(24)26)6-13-2-3-16(23)9-17(13)22/h2-3,7-9,12H,4-6,10-11H2,1H3,(H2,24,26). The molecule has 0 aliphatic carbocycles. The van der Waals surface area contributed by atoms with Crippen molar-refractivity contribution >= 4 is 38.5 Å². The van der Waals surface area contributed by atoms with Gasteiger partial charge in [-0.3, -0.25) is 4.79 Å². The minimum atomic E-state index is -3.29. The van der Waals surface area contributed by atoms with Crippen molar-refractivity contribution in [2.24, 2.45) is 11.7 Å². The predicted octanol–water partition coefficient (Wildman–Crippen LogP) is 2.92. The van der Waals surface area contributed by atoms with E-state index in [1.165, 1.54) is 10.4 Å². The summed E-state index contributed by atoms with van der Waals surface area (Å²) in [6, 6.07) is 6.85. The maximum atomic E-state index is 14.3. The van der Waals surface area contributed by atoms with E-state index in [2.05, 4.69) is 0 Å². The first kappa shape index (κ1) is 22.9. The van der Waals surface area contributed by atoms with E-state index in [0.29, 0.717) is 28.6 Å². The van der Waals surface area contributed by atoms with Gasteiger partial charge in [0.05, 0.1) is 18.4 Å². The Hall–Kier alpha value is -1.79. The van der Waals surface area contributed by atoms with Crippen LogP contribution in [0.1, 0.15) is 27.9 Å².